The number of ketones is 1. The summed E-state index contributed by atoms with van der Waals surface area (Å²) in [6.45, 7) is 0. The molecule has 0 aliphatic heterocycles. The predicted molar refractivity (Wildman–Crippen MR) is 92.6 cm³/mol. The number of nitrogens with one attached hydrogen (secondary N) is 1. The van der Waals surface area contributed by atoms with Crippen molar-refractivity contribution in [2.24, 2.45) is 0 Å². The van der Waals surface area contributed by atoms with Gasteiger partial charge in [0, 0.05) is 27.5 Å². The minimum Gasteiger partial charge on any atom is -0.353 e. The number of hydrogen-bond acceptors (Lipinski definition) is 1. The highest BCUT2D eigenvalue weighted by Gasteiger charge is 2.27. The van der Waals surface area contributed by atoms with E-state index < -0.39 is 0 Å². The van der Waals surface area contributed by atoms with E-state index in [2.05, 4.69) is 23.2 Å². The van der Waals surface area contributed by atoms with Crippen molar-refractivity contribution in [1.82, 2.24) is 4.98 Å². The SMILES string of the molecule is O=C1c2ccccc2-c2[nH]c(-c3ccccc3)c3cccc1c23. The topological polar surface area (TPSA) is 32.9 Å². The van der Waals surface area contributed by atoms with Crippen molar-refractivity contribution in [1.29, 1.82) is 0 Å². The van der Waals surface area contributed by atoms with Gasteiger partial charge in [-0.25, -0.2) is 0 Å². The van der Waals surface area contributed by atoms with Crippen LogP contribution in [0.15, 0.2) is 72.8 Å². The van der Waals surface area contributed by atoms with Crippen molar-refractivity contribution < 1.29 is 4.79 Å². The highest BCUT2D eigenvalue weighted by Crippen LogP contribution is 2.42. The summed E-state index contributed by atoms with van der Waals surface area (Å²) < 4.78 is 0. The number of carbonyl (C=O) groups excluding carboxylic acids is 1. The van der Waals surface area contributed by atoms with Crippen LogP contribution in [0.1, 0.15) is 15.9 Å². The van der Waals surface area contributed by atoms with Gasteiger partial charge < -0.3 is 4.98 Å². The number of benzene rings is 3. The van der Waals surface area contributed by atoms with Crippen molar-refractivity contribution in [2.75, 3.05) is 0 Å². The largest absolute Gasteiger partial charge is 0.353 e. The standard InChI is InChI=1S/C21H13NO/c23-21-15-10-5-4-9-14(15)20-18-16(11-6-12-17(18)21)19(22-20)13-7-2-1-3-8-13/h1-12,22H. The summed E-state index contributed by atoms with van der Waals surface area (Å²) in [6.07, 6.45) is 0. The van der Waals surface area contributed by atoms with E-state index in [1.54, 1.807) is 0 Å². The fourth-order valence-corrected chi connectivity index (χ4v) is 3.55. The molecule has 2 heteroatoms. The first-order valence-corrected chi connectivity index (χ1v) is 7.69. The Morgan fingerprint density at radius 2 is 1.30 bits per heavy atom. The first kappa shape index (κ1) is 12.4. The second kappa shape index (κ2) is 4.43. The molecule has 1 aromatic heterocycles. The zero-order chi connectivity index (χ0) is 15.4. The van der Waals surface area contributed by atoms with Crippen LogP contribution in [0.2, 0.25) is 0 Å². The van der Waals surface area contributed by atoms with E-state index in [1.807, 2.05) is 54.6 Å². The lowest BCUT2D eigenvalue weighted by Gasteiger charge is -2.15. The summed E-state index contributed by atoms with van der Waals surface area (Å²) in [4.78, 5) is 16.4. The maximum absolute atomic E-state index is 12.8. The lowest BCUT2D eigenvalue weighted by Crippen LogP contribution is -2.08. The van der Waals surface area contributed by atoms with Gasteiger partial charge in [-0.1, -0.05) is 72.8 Å². The van der Waals surface area contributed by atoms with Gasteiger partial charge in [0.1, 0.15) is 0 Å². The fourth-order valence-electron chi connectivity index (χ4n) is 3.55. The molecule has 0 atom stereocenters. The average molecular weight is 295 g/mol. The minimum atomic E-state index is 0.109. The zero-order valence-electron chi connectivity index (χ0n) is 12.3. The number of aromatic nitrogens is 1. The van der Waals surface area contributed by atoms with E-state index in [0.29, 0.717) is 0 Å². The average Bonchev–Trinajstić information content (AvgIpc) is 3.01. The summed E-state index contributed by atoms with van der Waals surface area (Å²) in [5.74, 6) is 0.109. The summed E-state index contributed by atoms with van der Waals surface area (Å²) in [5.41, 5.74) is 5.80. The Balaban J connectivity index is 1.94. The monoisotopic (exact) mass is 295 g/mol. The zero-order valence-corrected chi connectivity index (χ0v) is 12.3. The van der Waals surface area contributed by atoms with Crippen LogP contribution in [0.5, 0.6) is 0 Å². The van der Waals surface area contributed by atoms with E-state index in [9.17, 15) is 4.79 Å². The molecular formula is C21H13NO. The van der Waals surface area contributed by atoms with Crippen molar-refractivity contribution in [2.45, 2.75) is 0 Å². The molecular weight excluding hydrogens is 282 g/mol. The van der Waals surface area contributed by atoms with Crippen LogP contribution in [0.25, 0.3) is 33.3 Å². The molecule has 1 heterocycles. The molecule has 0 spiro atoms. The third-order valence-corrected chi connectivity index (χ3v) is 4.58. The quantitative estimate of drug-likeness (QED) is 0.461. The lowest BCUT2D eigenvalue weighted by atomic mass is 9.87. The smallest absolute Gasteiger partial charge is 0.194 e. The summed E-state index contributed by atoms with van der Waals surface area (Å²) >= 11 is 0. The van der Waals surface area contributed by atoms with E-state index >= 15 is 0 Å². The normalized spacial score (nSPS) is 12.4. The van der Waals surface area contributed by atoms with Gasteiger partial charge in [0.05, 0.1) is 11.4 Å². The number of fused-ring (bicyclic) bond motifs is 2. The lowest BCUT2D eigenvalue weighted by molar-refractivity contribution is 0.104. The number of hydrogen-bond donors (Lipinski definition) is 1. The summed E-state index contributed by atoms with van der Waals surface area (Å²) in [7, 11) is 0. The van der Waals surface area contributed by atoms with E-state index in [1.165, 1.54) is 0 Å². The molecule has 108 valence electrons. The Morgan fingerprint density at radius 1 is 0.609 bits per heavy atom. The number of aromatic amines is 1. The molecule has 1 aliphatic carbocycles. The maximum Gasteiger partial charge on any atom is 0.194 e. The van der Waals surface area contributed by atoms with Gasteiger partial charge in [-0.15, -0.1) is 0 Å². The van der Waals surface area contributed by atoms with E-state index in [0.717, 1.165) is 44.4 Å². The molecule has 1 aliphatic rings. The van der Waals surface area contributed by atoms with Gasteiger partial charge in [0.15, 0.2) is 5.78 Å². The molecule has 0 saturated carbocycles. The Labute approximate surface area is 133 Å². The molecule has 1 N–H and O–H groups in total. The first-order valence-electron chi connectivity index (χ1n) is 7.69. The number of rotatable bonds is 1. The molecule has 0 amide bonds. The number of carbonyl (C=O) groups is 1. The summed E-state index contributed by atoms with van der Waals surface area (Å²) in [6, 6.07) is 24.1. The van der Waals surface area contributed by atoms with Gasteiger partial charge in [0.2, 0.25) is 0 Å². The van der Waals surface area contributed by atoms with Gasteiger partial charge in [0.25, 0.3) is 0 Å². The minimum absolute atomic E-state index is 0.109. The van der Waals surface area contributed by atoms with Crippen LogP contribution in [-0.2, 0) is 0 Å². The molecule has 0 saturated heterocycles. The van der Waals surface area contributed by atoms with Crippen LogP contribution in [-0.4, -0.2) is 10.8 Å². The molecule has 0 fully saturated rings. The molecule has 4 aromatic rings. The Bertz CT molecular complexity index is 1070. The third kappa shape index (κ3) is 1.60. The van der Waals surface area contributed by atoms with E-state index in [4.69, 9.17) is 0 Å². The van der Waals surface area contributed by atoms with Crippen molar-refractivity contribution in [3.8, 4) is 22.5 Å². The van der Waals surface area contributed by atoms with Crippen LogP contribution in [0, 0.1) is 0 Å². The highest BCUT2D eigenvalue weighted by atomic mass is 16.1. The van der Waals surface area contributed by atoms with Crippen molar-refractivity contribution in [3.05, 3.63) is 83.9 Å². The third-order valence-electron chi connectivity index (χ3n) is 4.58. The molecule has 5 rings (SSSR count). The molecule has 3 aromatic carbocycles. The Kier molecular flexibility index (Phi) is 2.39. The van der Waals surface area contributed by atoms with Crippen LogP contribution in [0.4, 0.5) is 0 Å². The molecule has 0 radical (unpaired) electrons. The van der Waals surface area contributed by atoms with Gasteiger partial charge in [-0.3, -0.25) is 4.79 Å². The molecule has 2 nitrogen and oxygen atoms in total. The maximum atomic E-state index is 12.8. The van der Waals surface area contributed by atoms with Gasteiger partial charge >= 0.3 is 0 Å². The van der Waals surface area contributed by atoms with E-state index in [-0.39, 0.29) is 5.78 Å². The Hall–Kier alpha value is -3.13. The molecule has 0 unspecified atom stereocenters. The van der Waals surface area contributed by atoms with Crippen LogP contribution >= 0.6 is 0 Å². The predicted octanol–water partition coefficient (Wildman–Crippen LogP) is 5.05. The second-order valence-electron chi connectivity index (χ2n) is 5.84. The van der Waals surface area contributed by atoms with Crippen LogP contribution in [0.3, 0.4) is 0 Å². The van der Waals surface area contributed by atoms with Crippen LogP contribution < -0.4 is 0 Å². The first-order chi connectivity index (χ1) is 11.3. The van der Waals surface area contributed by atoms with Crippen molar-refractivity contribution in [3.63, 3.8) is 0 Å². The number of H-pyrrole nitrogens is 1. The molecule has 23 heavy (non-hydrogen) atoms. The summed E-state index contributed by atoms with van der Waals surface area (Å²) in [5, 5.41) is 2.14. The van der Waals surface area contributed by atoms with Gasteiger partial charge in [-0.2, -0.15) is 0 Å². The van der Waals surface area contributed by atoms with Crippen molar-refractivity contribution >= 4 is 16.6 Å². The fraction of sp³-hybridized carbons (Fsp3) is 0. The molecule has 0 bridgehead atoms. The highest BCUT2D eigenvalue weighted by molar-refractivity contribution is 6.27. The Morgan fingerprint density at radius 3 is 2.13 bits per heavy atom. The van der Waals surface area contributed by atoms with Gasteiger partial charge in [-0.05, 0) is 5.56 Å². The second-order valence-corrected chi connectivity index (χ2v) is 5.84.